The van der Waals surface area contributed by atoms with Crippen LogP contribution in [0, 0.1) is 10.6 Å². The zero-order valence-corrected chi connectivity index (χ0v) is 12.3. The minimum absolute atomic E-state index is 0.143. The van der Waals surface area contributed by atoms with Gasteiger partial charge in [0, 0.05) is 18.7 Å². The Morgan fingerprint density at radius 1 is 1.33 bits per heavy atom. The molecule has 0 radical (unpaired) electrons. The minimum Gasteiger partial charge on any atom is -0.493 e. The average Bonchev–Trinajstić information content (AvgIpc) is 2.53. The normalized spacial score (nSPS) is 16.7. The fourth-order valence-corrected chi connectivity index (χ4v) is 2.68. The first-order valence-corrected chi connectivity index (χ1v) is 7.31. The number of rotatable bonds is 3. The molecule has 1 aliphatic heterocycles. The van der Waals surface area contributed by atoms with Crippen LogP contribution in [0.15, 0.2) is 42.6 Å². The Labute approximate surface area is 128 Å². The summed E-state index contributed by atoms with van der Waals surface area (Å²) in [5, 5.41) is 2.93. The summed E-state index contributed by atoms with van der Waals surface area (Å²) in [6.45, 7) is 1.20. The maximum atomic E-state index is 12.1. The molecule has 0 bridgehead atoms. The van der Waals surface area contributed by atoms with Gasteiger partial charge in [0.1, 0.15) is 10.4 Å². The smallest absolute Gasteiger partial charge is 0.254 e. The summed E-state index contributed by atoms with van der Waals surface area (Å²) in [7, 11) is 0. The van der Waals surface area contributed by atoms with E-state index in [0.717, 1.165) is 12.2 Å². The largest absolute Gasteiger partial charge is 0.493 e. The lowest BCUT2D eigenvalue weighted by Crippen LogP contribution is -2.35. The number of pyridine rings is 1. The van der Waals surface area contributed by atoms with Crippen LogP contribution in [0.25, 0.3) is 0 Å². The number of ether oxygens (including phenoxy) is 1. The number of hydrogen-bond donors (Lipinski definition) is 2. The highest BCUT2D eigenvalue weighted by atomic mass is 32.1. The molecule has 0 saturated heterocycles. The average molecular weight is 300 g/mol. The number of carbonyl (C=O) groups is 1. The quantitative estimate of drug-likeness (QED) is 0.857. The number of benzene rings is 1. The summed E-state index contributed by atoms with van der Waals surface area (Å²) in [6.07, 6.45) is 2.63. The van der Waals surface area contributed by atoms with E-state index in [0.29, 0.717) is 23.4 Å². The third-order valence-electron chi connectivity index (χ3n) is 3.57. The van der Waals surface area contributed by atoms with Crippen molar-refractivity contribution in [3.05, 3.63) is 58.4 Å². The molecular formula is C16H16N2O2S. The van der Waals surface area contributed by atoms with Crippen molar-refractivity contribution in [2.45, 2.75) is 6.42 Å². The Balaban J connectivity index is 1.61. The molecule has 1 aromatic heterocycles. The van der Waals surface area contributed by atoms with Gasteiger partial charge >= 0.3 is 0 Å². The molecule has 1 unspecified atom stereocenters. The second-order valence-corrected chi connectivity index (χ2v) is 5.52. The summed E-state index contributed by atoms with van der Waals surface area (Å²) in [5.41, 5.74) is 1.70. The Morgan fingerprint density at radius 3 is 3.05 bits per heavy atom. The molecule has 2 N–H and O–H groups in total. The number of fused-ring (bicyclic) bond motifs is 1. The maximum Gasteiger partial charge on any atom is 0.254 e. The zero-order chi connectivity index (χ0) is 14.7. The number of carbonyl (C=O) groups excluding carboxylic acids is 1. The van der Waals surface area contributed by atoms with Gasteiger partial charge in [0.2, 0.25) is 0 Å². The topological polar surface area (TPSA) is 54.1 Å². The first-order valence-electron chi connectivity index (χ1n) is 6.90. The van der Waals surface area contributed by atoms with Crippen molar-refractivity contribution >= 4 is 18.1 Å². The molecule has 1 atom stereocenters. The van der Waals surface area contributed by atoms with Crippen LogP contribution in [0.3, 0.4) is 0 Å². The first kappa shape index (κ1) is 13.8. The van der Waals surface area contributed by atoms with E-state index in [1.807, 2.05) is 18.2 Å². The number of nitrogens with one attached hydrogen (secondary N) is 2. The van der Waals surface area contributed by atoms with Crippen molar-refractivity contribution in [1.29, 1.82) is 0 Å². The van der Waals surface area contributed by atoms with Crippen LogP contribution >= 0.6 is 12.2 Å². The molecule has 2 aromatic rings. The third-order valence-corrected chi connectivity index (χ3v) is 3.91. The molecule has 2 heterocycles. The van der Waals surface area contributed by atoms with Crippen molar-refractivity contribution in [3.8, 4) is 5.75 Å². The van der Waals surface area contributed by atoms with E-state index >= 15 is 0 Å². The summed E-state index contributed by atoms with van der Waals surface area (Å²) >= 11 is 5.11. The van der Waals surface area contributed by atoms with Crippen molar-refractivity contribution < 1.29 is 9.53 Å². The van der Waals surface area contributed by atoms with Gasteiger partial charge in [-0.1, -0.05) is 30.4 Å². The number of H-pyrrole nitrogens is 1. The summed E-state index contributed by atoms with van der Waals surface area (Å²) < 4.78 is 6.18. The van der Waals surface area contributed by atoms with Crippen molar-refractivity contribution in [1.82, 2.24) is 10.3 Å². The maximum absolute atomic E-state index is 12.1. The van der Waals surface area contributed by atoms with Crippen molar-refractivity contribution in [3.63, 3.8) is 0 Å². The van der Waals surface area contributed by atoms with E-state index in [9.17, 15) is 4.79 Å². The predicted octanol–water partition coefficient (Wildman–Crippen LogP) is 2.73. The molecule has 0 spiro atoms. The Kier molecular flexibility index (Phi) is 4.01. The Bertz CT molecular complexity index is 711. The summed E-state index contributed by atoms with van der Waals surface area (Å²) in [4.78, 5) is 15.0. The lowest BCUT2D eigenvalue weighted by atomic mass is 9.97. The highest BCUT2D eigenvalue weighted by Crippen LogP contribution is 2.26. The van der Waals surface area contributed by atoms with Crippen molar-refractivity contribution in [2.24, 2.45) is 5.92 Å². The van der Waals surface area contributed by atoms with Gasteiger partial charge in [0.15, 0.2) is 0 Å². The van der Waals surface area contributed by atoms with Crippen LogP contribution < -0.4 is 10.1 Å². The van der Waals surface area contributed by atoms with E-state index in [1.54, 1.807) is 18.3 Å². The van der Waals surface area contributed by atoms with Crippen LogP contribution in [0.5, 0.6) is 5.75 Å². The van der Waals surface area contributed by atoms with E-state index in [1.165, 1.54) is 5.56 Å². The number of amides is 1. The number of hydrogen-bond acceptors (Lipinski definition) is 3. The molecular weight excluding hydrogens is 284 g/mol. The van der Waals surface area contributed by atoms with Crippen LogP contribution in [-0.4, -0.2) is 24.0 Å². The molecule has 5 heteroatoms. The Morgan fingerprint density at radius 2 is 2.19 bits per heavy atom. The van der Waals surface area contributed by atoms with Gasteiger partial charge < -0.3 is 15.0 Å². The summed E-state index contributed by atoms with van der Waals surface area (Å²) in [6, 6.07) is 11.5. The SMILES string of the molecule is O=C(NCC1COc2ccccc2C1)c1ccc[nH]c1=S. The highest BCUT2D eigenvalue weighted by molar-refractivity contribution is 7.71. The molecule has 0 aliphatic carbocycles. The molecule has 4 nitrogen and oxygen atoms in total. The van der Waals surface area contributed by atoms with E-state index in [4.69, 9.17) is 17.0 Å². The van der Waals surface area contributed by atoms with Crippen LogP contribution in [0.1, 0.15) is 15.9 Å². The fraction of sp³-hybridized carbons (Fsp3) is 0.250. The molecule has 0 fully saturated rings. The van der Waals surface area contributed by atoms with Gasteiger partial charge in [-0.25, -0.2) is 0 Å². The molecule has 1 aliphatic rings. The van der Waals surface area contributed by atoms with Crippen molar-refractivity contribution in [2.75, 3.05) is 13.2 Å². The highest BCUT2D eigenvalue weighted by Gasteiger charge is 2.20. The predicted molar refractivity (Wildman–Crippen MR) is 83.1 cm³/mol. The van der Waals surface area contributed by atoms with Crippen LogP contribution in [-0.2, 0) is 6.42 Å². The minimum atomic E-state index is -0.143. The van der Waals surface area contributed by atoms with Gasteiger partial charge in [0.05, 0.1) is 12.2 Å². The van der Waals surface area contributed by atoms with Gasteiger partial charge in [-0.2, -0.15) is 0 Å². The lowest BCUT2D eigenvalue weighted by molar-refractivity contribution is 0.0938. The second-order valence-electron chi connectivity index (χ2n) is 5.11. The fourth-order valence-electron chi connectivity index (χ4n) is 2.45. The number of aromatic nitrogens is 1. The van der Waals surface area contributed by atoms with Gasteiger partial charge in [-0.3, -0.25) is 4.79 Å². The molecule has 108 valence electrons. The zero-order valence-electron chi connectivity index (χ0n) is 11.5. The van der Waals surface area contributed by atoms with Gasteiger partial charge in [-0.15, -0.1) is 0 Å². The summed E-state index contributed by atoms with van der Waals surface area (Å²) in [5.74, 6) is 1.09. The van der Waals surface area contributed by atoms with E-state index in [2.05, 4.69) is 16.4 Å². The third kappa shape index (κ3) is 3.13. The molecule has 1 amide bonds. The Hall–Kier alpha value is -2.14. The lowest BCUT2D eigenvalue weighted by Gasteiger charge is -2.25. The molecule has 1 aromatic carbocycles. The van der Waals surface area contributed by atoms with Crippen LogP contribution in [0.2, 0.25) is 0 Å². The number of para-hydroxylation sites is 1. The van der Waals surface area contributed by atoms with Gasteiger partial charge in [-0.05, 0) is 30.2 Å². The number of aromatic amines is 1. The molecule has 3 rings (SSSR count). The van der Waals surface area contributed by atoms with Crippen LogP contribution in [0.4, 0.5) is 0 Å². The monoisotopic (exact) mass is 300 g/mol. The molecule has 0 saturated carbocycles. The van der Waals surface area contributed by atoms with Gasteiger partial charge in [0.25, 0.3) is 5.91 Å². The van der Waals surface area contributed by atoms with E-state index in [-0.39, 0.29) is 11.8 Å². The molecule has 21 heavy (non-hydrogen) atoms. The van der Waals surface area contributed by atoms with E-state index < -0.39 is 0 Å². The standard InChI is InChI=1S/C16H16N2O2S/c19-15(13-5-3-7-17-16(13)21)18-9-11-8-12-4-1-2-6-14(12)20-10-11/h1-7,11H,8-10H2,(H,17,21)(H,18,19). The second kappa shape index (κ2) is 6.10. The first-order chi connectivity index (χ1) is 10.2.